The fourth-order valence-electron chi connectivity index (χ4n) is 4.00. The fraction of sp³-hybridized carbons (Fsp3) is 0.520. The summed E-state index contributed by atoms with van der Waals surface area (Å²) in [7, 11) is 0. The summed E-state index contributed by atoms with van der Waals surface area (Å²) in [6.07, 6.45) is 3.80. The van der Waals surface area contributed by atoms with E-state index in [1.54, 1.807) is 11.0 Å². The van der Waals surface area contributed by atoms with Gasteiger partial charge in [-0.15, -0.1) is 0 Å². The molecule has 0 spiro atoms. The van der Waals surface area contributed by atoms with Gasteiger partial charge in [-0.1, -0.05) is 18.2 Å². The van der Waals surface area contributed by atoms with Gasteiger partial charge in [0.1, 0.15) is 5.60 Å². The minimum absolute atomic E-state index is 0. The second-order valence-corrected chi connectivity index (χ2v) is 10.1. The van der Waals surface area contributed by atoms with Crippen molar-refractivity contribution in [2.45, 2.75) is 65.5 Å². The number of carbonyl (C=O) groups is 2. The number of benzene rings is 1. The number of aliphatic carboxylic acids is 1. The topological polar surface area (TPSA) is 150 Å². The Labute approximate surface area is 205 Å². The smallest absolute Gasteiger partial charge is 0.410 e. The third-order valence-corrected chi connectivity index (χ3v) is 5.74. The molecule has 1 aliphatic carbocycles. The van der Waals surface area contributed by atoms with E-state index in [9.17, 15) is 14.9 Å². The van der Waals surface area contributed by atoms with Crippen molar-refractivity contribution in [2.75, 3.05) is 13.1 Å². The molecule has 10 heteroatoms. The quantitative estimate of drug-likeness (QED) is 0.429. The van der Waals surface area contributed by atoms with Crippen LogP contribution in [0.15, 0.2) is 30.0 Å². The highest BCUT2D eigenvalue weighted by molar-refractivity contribution is 5.87. The molecule has 1 amide bonds. The number of likely N-dealkylation sites (tertiary alicyclic amines) is 1. The minimum atomic E-state index is -0.833. The predicted octanol–water partition coefficient (Wildman–Crippen LogP) is 5.28. The molecule has 1 aliphatic heterocycles. The number of fused-ring (bicyclic) bond motifs is 1. The molecular formula is C25H36N4O6. The number of carbonyl (C=O) groups excluding carboxylic acids is 1. The summed E-state index contributed by atoms with van der Waals surface area (Å²) in [5.74, 6) is 0.0406. The highest BCUT2D eigenvalue weighted by Crippen LogP contribution is 2.38. The molecule has 1 saturated heterocycles. The third kappa shape index (κ3) is 7.29. The van der Waals surface area contributed by atoms with Crippen LogP contribution in [0.25, 0.3) is 17.0 Å². The molecule has 2 aliphatic rings. The maximum Gasteiger partial charge on any atom is 0.410 e. The zero-order chi connectivity index (χ0) is 25.2. The number of hydrogen-bond donors (Lipinski definition) is 2. The number of aromatic nitrogens is 1. The number of nitro groups is 1. The predicted molar refractivity (Wildman–Crippen MR) is 134 cm³/mol. The Balaban J connectivity index is 0.000000804. The van der Waals surface area contributed by atoms with Gasteiger partial charge in [-0.25, -0.2) is 4.79 Å². The summed E-state index contributed by atoms with van der Waals surface area (Å²) in [5, 5.41) is 19.7. The Bertz CT molecular complexity index is 1120. The van der Waals surface area contributed by atoms with Gasteiger partial charge in [0.05, 0.1) is 10.4 Å². The Kier molecular flexibility index (Phi) is 8.67. The zero-order valence-corrected chi connectivity index (χ0v) is 21.1. The molecule has 2 aromatic rings. The van der Waals surface area contributed by atoms with Crippen LogP contribution >= 0.6 is 0 Å². The van der Waals surface area contributed by atoms with Crippen LogP contribution in [0, 0.1) is 16.0 Å². The summed E-state index contributed by atoms with van der Waals surface area (Å²) in [6, 6.07) is 8.25. The van der Waals surface area contributed by atoms with Gasteiger partial charge < -0.3 is 25.5 Å². The Morgan fingerprint density at radius 2 is 1.83 bits per heavy atom. The Morgan fingerprint density at radius 3 is 2.34 bits per heavy atom. The van der Waals surface area contributed by atoms with Crippen molar-refractivity contribution < 1.29 is 24.4 Å². The van der Waals surface area contributed by atoms with Gasteiger partial charge in [0.25, 0.3) is 5.97 Å². The van der Waals surface area contributed by atoms with Crippen LogP contribution in [0.2, 0.25) is 0 Å². The van der Waals surface area contributed by atoms with Crippen LogP contribution in [-0.4, -0.2) is 50.2 Å². The number of amides is 1. The van der Waals surface area contributed by atoms with Gasteiger partial charge in [-0.2, -0.15) is 0 Å². The van der Waals surface area contributed by atoms with Crippen molar-refractivity contribution in [1.82, 2.24) is 15.6 Å². The molecule has 0 atom stereocenters. The molecule has 10 nitrogen and oxygen atoms in total. The van der Waals surface area contributed by atoms with E-state index in [-0.39, 0.29) is 28.8 Å². The number of carboxylic acid groups (broad SMARTS) is 1. The second-order valence-electron chi connectivity index (χ2n) is 10.1. The summed E-state index contributed by atoms with van der Waals surface area (Å²) in [4.78, 5) is 33.9. The first-order valence-electron chi connectivity index (χ1n) is 11.5. The van der Waals surface area contributed by atoms with Crippen molar-refractivity contribution in [3.63, 3.8) is 0 Å². The maximum absolute atomic E-state index is 12.3. The summed E-state index contributed by atoms with van der Waals surface area (Å²) in [5.41, 5.74) is 2.85. The first-order chi connectivity index (χ1) is 15.9. The number of para-hydroxylation sites is 1. The number of nitrogens with zero attached hydrogens (tertiary/aromatic N) is 3. The maximum atomic E-state index is 12.3. The zero-order valence-electron chi connectivity index (χ0n) is 21.1. The largest absolute Gasteiger partial charge is 0.481 e. The number of rotatable bonds is 5. The number of allylic oxidation sites excluding steroid dienone is 1. The molecule has 2 fully saturated rings. The molecule has 1 aromatic carbocycles. The standard InChI is InChI=1S/C23H29N3O4.C2H4O2.H3N/c1-15(26(28)29)10-19-11-17-6-5-7-20(21(17)25(19)12-16-8-9-16)18-13-24(14-18)22(27)30-23(2,3)4;1-2(3)4;/h5-7,10-11,16,18H,8-9,12-14H2,1-4H3;1H3,(H,3,4);1H3/b15-10+;;. The van der Waals surface area contributed by atoms with E-state index in [0.717, 1.165) is 30.1 Å². The normalized spacial score (nSPS) is 16.0. The molecule has 192 valence electrons. The van der Waals surface area contributed by atoms with Crippen LogP contribution in [0.3, 0.4) is 0 Å². The number of carboxylic acids is 1. The van der Waals surface area contributed by atoms with E-state index >= 15 is 0 Å². The molecule has 0 bridgehead atoms. The molecule has 1 saturated carbocycles. The van der Waals surface area contributed by atoms with Gasteiger partial charge in [-0.05, 0) is 51.2 Å². The molecule has 1 aromatic heterocycles. The number of hydrogen-bond acceptors (Lipinski definition) is 6. The molecule has 4 N–H and O–H groups in total. The lowest BCUT2D eigenvalue weighted by molar-refractivity contribution is -0.422. The lowest BCUT2D eigenvalue weighted by Gasteiger charge is -2.40. The SMILES string of the molecule is C/C(=C\c1cc2cccc(C3CN(C(=O)OC(C)(C)C)C3)c2n1CC1CC1)[N+](=O)[O-].CC(=O)O.N. The van der Waals surface area contributed by atoms with E-state index in [1.165, 1.54) is 25.3 Å². The average Bonchev–Trinajstić information content (AvgIpc) is 3.40. The van der Waals surface area contributed by atoms with Crippen molar-refractivity contribution in [3.8, 4) is 0 Å². The number of ether oxygens (including phenoxy) is 1. The molecule has 35 heavy (non-hydrogen) atoms. The monoisotopic (exact) mass is 488 g/mol. The highest BCUT2D eigenvalue weighted by Gasteiger charge is 2.36. The van der Waals surface area contributed by atoms with Gasteiger partial charge in [0.15, 0.2) is 0 Å². The molecule has 0 radical (unpaired) electrons. The Hall–Kier alpha value is -3.40. The fourth-order valence-corrected chi connectivity index (χ4v) is 4.00. The van der Waals surface area contributed by atoms with E-state index < -0.39 is 11.6 Å². The van der Waals surface area contributed by atoms with Crippen LogP contribution in [-0.2, 0) is 16.1 Å². The van der Waals surface area contributed by atoms with E-state index in [4.69, 9.17) is 14.6 Å². The van der Waals surface area contributed by atoms with Crippen LogP contribution in [0.5, 0.6) is 0 Å². The van der Waals surface area contributed by atoms with Crippen molar-refractivity contribution in [2.24, 2.45) is 5.92 Å². The van der Waals surface area contributed by atoms with Crippen LogP contribution in [0.1, 0.15) is 64.6 Å². The molecule has 0 unspecified atom stereocenters. The summed E-state index contributed by atoms with van der Waals surface area (Å²) in [6.45, 7) is 10.4. The van der Waals surface area contributed by atoms with Crippen molar-refractivity contribution in [1.29, 1.82) is 0 Å². The summed E-state index contributed by atoms with van der Waals surface area (Å²) < 4.78 is 7.72. The lowest BCUT2D eigenvalue weighted by Crippen LogP contribution is -2.50. The third-order valence-electron chi connectivity index (χ3n) is 5.74. The van der Waals surface area contributed by atoms with Crippen LogP contribution in [0.4, 0.5) is 4.79 Å². The first kappa shape index (κ1) is 27.8. The van der Waals surface area contributed by atoms with Gasteiger partial charge in [0.2, 0.25) is 5.70 Å². The van der Waals surface area contributed by atoms with Gasteiger partial charge in [0, 0.05) is 56.6 Å². The minimum Gasteiger partial charge on any atom is -0.481 e. The van der Waals surface area contributed by atoms with Gasteiger partial charge >= 0.3 is 6.09 Å². The van der Waals surface area contributed by atoms with E-state index in [0.29, 0.717) is 19.0 Å². The summed E-state index contributed by atoms with van der Waals surface area (Å²) >= 11 is 0. The average molecular weight is 489 g/mol. The molecule has 2 heterocycles. The first-order valence-corrected chi connectivity index (χ1v) is 11.5. The van der Waals surface area contributed by atoms with Crippen molar-refractivity contribution >= 4 is 29.0 Å². The second kappa shape index (κ2) is 10.9. The molecular weight excluding hydrogens is 452 g/mol. The van der Waals surface area contributed by atoms with E-state index in [2.05, 4.69) is 16.7 Å². The van der Waals surface area contributed by atoms with E-state index in [1.807, 2.05) is 32.9 Å². The highest BCUT2D eigenvalue weighted by atomic mass is 16.6. The lowest BCUT2D eigenvalue weighted by atomic mass is 9.90. The van der Waals surface area contributed by atoms with Crippen LogP contribution < -0.4 is 6.15 Å². The molecule has 4 rings (SSSR count). The Morgan fingerprint density at radius 1 is 1.23 bits per heavy atom. The van der Waals surface area contributed by atoms with Gasteiger partial charge in [-0.3, -0.25) is 14.9 Å². The van der Waals surface area contributed by atoms with Crippen molar-refractivity contribution in [3.05, 3.63) is 51.3 Å².